The largest absolute Gasteiger partial charge is 0.465 e. The summed E-state index contributed by atoms with van der Waals surface area (Å²) in [5.41, 5.74) is 0.962. The zero-order valence-corrected chi connectivity index (χ0v) is 15.1. The van der Waals surface area contributed by atoms with Crippen molar-refractivity contribution in [2.24, 2.45) is 5.92 Å². The number of esters is 1. The number of halogens is 1. The second-order valence-electron chi connectivity index (χ2n) is 7.19. The molecule has 0 unspecified atom stereocenters. The highest BCUT2D eigenvalue weighted by Gasteiger charge is 2.35. The minimum atomic E-state index is -0.180. The number of hydrogen-bond acceptors (Lipinski definition) is 4. The number of unbranched alkanes of at least 4 members (excludes halogenated alkanes) is 1. The summed E-state index contributed by atoms with van der Waals surface area (Å²) in [4.78, 5) is 16.9. The van der Waals surface area contributed by atoms with Crippen molar-refractivity contribution < 1.29 is 13.9 Å². The maximum absolute atomic E-state index is 13.4. The maximum Gasteiger partial charge on any atom is 0.308 e. The highest BCUT2D eigenvalue weighted by atomic mass is 19.1. The Labute approximate surface area is 149 Å². The third-order valence-electron chi connectivity index (χ3n) is 5.48. The van der Waals surface area contributed by atoms with Crippen LogP contribution in [0.2, 0.25) is 0 Å². The molecular formula is C20H29FN2O2. The van der Waals surface area contributed by atoms with Crippen molar-refractivity contribution in [1.29, 1.82) is 0 Å². The van der Waals surface area contributed by atoms with Crippen LogP contribution in [0.1, 0.15) is 39.0 Å². The predicted octanol–water partition coefficient (Wildman–Crippen LogP) is 3.46. The van der Waals surface area contributed by atoms with Gasteiger partial charge in [-0.15, -0.1) is 0 Å². The Hall–Kier alpha value is -1.62. The third-order valence-corrected chi connectivity index (χ3v) is 5.48. The standard InChI is InChI=1S/C20H29FN2O2/c1-2-3-13-25-20(24)16-7-8-19(14-16)23-11-9-22(10-12-23)18-6-4-5-17(21)15-18/h4-6,15-16,19H,2-3,7-14H2,1H3/t16-,19+/m1/s1. The molecule has 1 saturated heterocycles. The van der Waals surface area contributed by atoms with Gasteiger partial charge in [0.1, 0.15) is 5.82 Å². The molecule has 0 spiro atoms. The molecule has 4 nitrogen and oxygen atoms in total. The Bertz CT molecular complexity index is 573. The second kappa shape index (κ2) is 8.65. The minimum absolute atomic E-state index is 0.00523. The van der Waals surface area contributed by atoms with Crippen molar-refractivity contribution in [3.8, 4) is 0 Å². The number of nitrogens with zero attached hydrogens (tertiary/aromatic N) is 2. The van der Waals surface area contributed by atoms with Crippen LogP contribution in [0.3, 0.4) is 0 Å². The van der Waals surface area contributed by atoms with Crippen molar-refractivity contribution in [2.45, 2.75) is 45.1 Å². The van der Waals surface area contributed by atoms with Gasteiger partial charge in [0.05, 0.1) is 12.5 Å². The number of carbonyl (C=O) groups excluding carboxylic acids is 1. The van der Waals surface area contributed by atoms with Gasteiger partial charge in [-0.2, -0.15) is 0 Å². The van der Waals surface area contributed by atoms with Crippen LogP contribution in [0, 0.1) is 11.7 Å². The van der Waals surface area contributed by atoms with Crippen LogP contribution in [0.25, 0.3) is 0 Å². The van der Waals surface area contributed by atoms with E-state index in [2.05, 4.69) is 16.7 Å². The molecular weight excluding hydrogens is 319 g/mol. The van der Waals surface area contributed by atoms with E-state index in [1.54, 1.807) is 12.1 Å². The molecule has 2 aliphatic rings. The average molecular weight is 348 g/mol. The molecule has 1 aliphatic heterocycles. The molecule has 0 radical (unpaired) electrons. The van der Waals surface area contributed by atoms with Crippen molar-refractivity contribution in [2.75, 3.05) is 37.7 Å². The summed E-state index contributed by atoms with van der Waals surface area (Å²) in [6.45, 7) is 6.42. The lowest BCUT2D eigenvalue weighted by Gasteiger charge is -2.39. The molecule has 1 aliphatic carbocycles. The fourth-order valence-electron chi connectivity index (χ4n) is 3.96. The number of carbonyl (C=O) groups is 1. The van der Waals surface area contributed by atoms with E-state index in [0.717, 1.165) is 64.0 Å². The minimum Gasteiger partial charge on any atom is -0.465 e. The van der Waals surface area contributed by atoms with Crippen LogP contribution in [0.5, 0.6) is 0 Å². The Kier molecular flexibility index (Phi) is 6.29. The number of hydrogen-bond donors (Lipinski definition) is 0. The Balaban J connectivity index is 1.45. The Morgan fingerprint density at radius 2 is 2.04 bits per heavy atom. The third kappa shape index (κ3) is 4.72. The molecule has 5 heteroatoms. The first-order valence-corrected chi connectivity index (χ1v) is 9.58. The molecule has 25 heavy (non-hydrogen) atoms. The van der Waals surface area contributed by atoms with Crippen LogP contribution in [-0.2, 0) is 9.53 Å². The van der Waals surface area contributed by atoms with Gasteiger partial charge in [0.2, 0.25) is 0 Å². The summed E-state index contributed by atoms with van der Waals surface area (Å²) in [6.07, 6.45) is 4.94. The van der Waals surface area contributed by atoms with Crippen LogP contribution in [0.15, 0.2) is 24.3 Å². The average Bonchev–Trinajstić information content (AvgIpc) is 3.12. The highest BCUT2D eigenvalue weighted by molar-refractivity contribution is 5.72. The Morgan fingerprint density at radius 1 is 1.24 bits per heavy atom. The zero-order chi connectivity index (χ0) is 17.6. The van der Waals surface area contributed by atoms with Gasteiger partial charge in [-0.25, -0.2) is 4.39 Å². The van der Waals surface area contributed by atoms with E-state index in [1.165, 1.54) is 6.07 Å². The molecule has 0 amide bonds. The van der Waals surface area contributed by atoms with E-state index >= 15 is 0 Å². The van der Waals surface area contributed by atoms with Gasteiger partial charge in [0, 0.05) is 37.9 Å². The summed E-state index contributed by atoms with van der Waals surface area (Å²) in [7, 11) is 0. The highest BCUT2D eigenvalue weighted by Crippen LogP contribution is 2.31. The SMILES string of the molecule is CCCCOC(=O)[C@@H]1CC[C@H](N2CCN(c3cccc(F)c3)CC2)C1. The van der Waals surface area contributed by atoms with Crippen LogP contribution in [-0.4, -0.2) is 49.7 Å². The molecule has 0 N–H and O–H groups in total. The van der Waals surface area contributed by atoms with Crippen molar-refractivity contribution in [1.82, 2.24) is 4.90 Å². The number of benzene rings is 1. The summed E-state index contributed by atoms with van der Waals surface area (Å²) >= 11 is 0. The predicted molar refractivity (Wildman–Crippen MR) is 97.2 cm³/mol. The van der Waals surface area contributed by atoms with E-state index in [0.29, 0.717) is 12.6 Å². The van der Waals surface area contributed by atoms with Gasteiger partial charge in [0.25, 0.3) is 0 Å². The molecule has 1 heterocycles. The van der Waals surface area contributed by atoms with Crippen LogP contribution < -0.4 is 4.90 Å². The van der Waals surface area contributed by atoms with Crippen molar-refractivity contribution >= 4 is 11.7 Å². The Morgan fingerprint density at radius 3 is 2.76 bits per heavy atom. The summed E-state index contributed by atoms with van der Waals surface area (Å²) in [5, 5.41) is 0. The summed E-state index contributed by atoms with van der Waals surface area (Å²) in [6, 6.07) is 7.31. The number of piperazine rings is 1. The smallest absolute Gasteiger partial charge is 0.308 e. The molecule has 3 rings (SSSR count). The van der Waals surface area contributed by atoms with E-state index < -0.39 is 0 Å². The lowest BCUT2D eigenvalue weighted by molar-refractivity contribution is -0.148. The monoisotopic (exact) mass is 348 g/mol. The van der Waals surface area contributed by atoms with Crippen molar-refractivity contribution in [3.63, 3.8) is 0 Å². The normalized spacial score (nSPS) is 24.5. The first-order valence-electron chi connectivity index (χ1n) is 9.58. The molecule has 138 valence electrons. The lowest BCUT2D eigenvalue weighted by atomic mass is 10.1. The molecule has 0 aromatic heterocycles. The summed E-state index contributed by atoms with van der Waals surface area (Å²) < 4.78 is 18.8. The lowest BCUT2D eigenvalue weighted by Crippen LogP contribution is -2.50. The fraction of sp³-hybridized carbons (Fsp3) is 0.650. The molecule has 0 bridgehead atoms. The second-order valence-corrected chi connectivity index (χ2v) is 7.19. The van der Waals surface area contributed by atoms with Gasteiger partial charge < -0.3 is 9.64 Å². The van der Waals surface area contributed by atoms with Crippen LogP contribution >= 0.6 is 0 Å². The van der Waals surface area contributed by atoms with E-state index in [1.807, 2.05) is 6.07 Å². The van der Waals surface area contributed by atoms with E-state index in [9.17, 15) is 9.18 Å². The number of anilines is 1. The van der Waals surface area contributed by atoms with Gasteiger partial charge in [-0.3, -0.25) is 9.69 Å². The quantitative estimate of drug-likeness (QED) is 0.582. The first-order chi connectivity index (χ1) is 12.2. The van der Waals surface area contributed by atoms with Gasteiger partial charge >= 0.3 is 5.97 Å². The fourth-order valence-corrected chi connectivity index (χ4v) is 3.96. The summed E-state index contributed by atoms with van der Waals surface area (Å²) in [5.74, 6) is -0.113. The van der Waals surface area contributed by atoms with Gasteiger partial charge in [-0.1, -0.05) is 19.4 Å². The number of ether oxygens (including phenoxy) is 1. The van der Waals surface area contributed by atoms with Gasteiger partial charge in [-0.05, 0) is 43.9 Å². The molecule has 2 fully saturated rings. The van der Waals surface area contributed by atoms with Crippen molar-refractivity contribution in [3.05, 3.63) is 30.1 Å². The van der Waals surface area contributed by atoms with E-state index in [4.69, 9.17) is 4.74 Å². The molecule has 1 aromatic carbocycles. The number of rotatable bonds is 6. The van der Waals surface area contributed by atoms with E-state index in [-0.39, 0.29) is 17.7 Å². The maximum atomic E-state index is 13.4. The first kappa shape index (κ1) is 18.2. The molecule has 1 saturated carbocycles. The molecule has 2 atom stereocenters. The topological polar surface area (TPSA) is 32.8 Å². The van der Waals surface area contributed by atoms with Crippen LogP contribution in [0.4, 0.5) is 10.1 Å². The zero-order valence-electron chi connectivity index (χ0n) is 15.1. The molecule has 1 aromatic rings. The van der Waals surface area contributed by atoms with Gasteiger partial charge in [0.15, 0.2) is 0 Å².